The quantitative estimate of drug-likeness (QED) is 0.656. The number of hydrogen-bond acceptors (Lipinski definition) is 6. The van der Waals surface area contributed by atoms with Crippen LogP contribution in [0.4, 0.5) is 0 Å². The van der Waals surface area contributed by atoms with Crippen LogP contribution in [-0.2, 0) is 4.74 Å². The van der Waals surface area contributed by atoms with Gasteiger partial charge in [0.05, 0.1) is 25.8 Å². The molecule has 1 aliphatic rings. The van der Waals surface area contributed by atoms with Gasteiger partial charge in [0.25, 0.3) is 11.8 Å². The van der Waals surface area contributed by atoms with Crippen LogP contribution in [0.3, 0.4) is 0 Å². The Morgan fingerprint density at radius 3 is 2.84 bits per heavy atom. The summed E-state index contributed by atoms with van der Waals surface area (Å²) in [5.41, 5.74) is 1.31. The Bertz CT molecular complexity index is 1110. The minimum absolute atomic E-state index is 0.00872. The van der Waals surface area contributed by atoms with Crippen molar-refractivity contribution in [1.29, 1.82) is 0 Å². The number of thiophene rings is 1. The molecule has 2 amide bonds. The summed E-state index contributed by atoms with van der Waals surface area (Å²) >= 11 is 1.35. The molecule has 0 bridgehead atoms. The molecule has 0 aliphatic carbocycles. The molecule has 1 saturated heterocycles. The minimum Gasteiger partial charge on any atom is -0.496 e. The van der Waals surface area contributed by atoms with E-state index in [9.17, 15) is 9.59 Å². The molecule has 1 aliphatic heterocycles. The van der Waals surface area contributed by atoms with Gasteiger partial charge in [-0.2, -0.15) is 0 Å². The summed E-state index contributed by atoms with van der Waals surface area (Å²) in [7, 11) is 1.55. The van der Waals surface area contributed by atoms with E-state index in [1.807, 2.05) is 38.1 Å². The number of nitrogens with zero attached hydrogens (tertiary/aromatic N) is 2. The number of benzene rings is 1. The fourth-order valence-corrected chi connectivity index (χ4v) is 4.87. The maximum absolute atomic E-state index is 13.2. The Labute approximate surface area is 185 Å². The highest BCUT2D eigenvalue weighted by molar-refractivity contribution is 7.20. The van der Waals surface area contributed by atoms with Gasteiger partial charge in [-0.05, 0) is 32.0 Å². The van der Waals surface area contributed by atoms with E-state index in [4.69, 9.17) is 9.47 Å². The van der Waals surface area contributed by atoms with Gasteiger partial charge in [-0.1, -0.05) is 18.2 Å². The largest absolute Gasteiger partial charge is 0.496 e. The number of para-hydroxylation sites is 1. The third-order valence-electron chi connectivity index (χ3n) is 5.14. The second-order valence-electron chi connectivity index (χ2n) is 7.64. The highest BCUT2D eigenvalue weighted by atomic mass is 32.1. The number of rotatable bonds is 5. The number of ether oxygens (including phenoxy) is 2. The van der Waals surface area contributed by atoms with Gasteiger partial charge in [-0.3, -0.25) is 9.59 Å². The lowest BCUT2D eigenvalue weighted by Crippen LogP contribution is -2.42. The summed E-state index contributed by atoms with van der Waals surface area (Å²) in [6.45, 7) is 5.05. The summed E-state index contributed by atoms with van der Waals surface area (Å²) in [5.74, 6) is 0.277. The highest BCUT2D eigenvalue weighted by Gasteiger charge is 2.32. The number of amides is 2. The average Bonchev–Trinajstić information content (AvgIpc) is 3.18. The number of fused-ring (bicyclic) bond motifs is 1. The zero-order valence-electron chi connectivity index (χ0n) is 17.8. The van der Waals surface area contributed by atoms with Gasteiger partial charge in [0.15, 0.2) is 0 Å². The summed E-state index contributed by atoms with van der Waals surface area (Å²) in [6.07, 6.45) is 1.30. The molecular formula is C23H25N3O4S. The van der Waals surface area contributed by atoms with Crippen LogP contribution in [0, 0.1) is 0 Å². The van der Waals surface area contributed by atoms with Gasteiger partial charge < -0.3 is 19.7 Å². The van der Waals surface area contributed by atoms with Gasteiger partial charge in [-0.25, -0.2) is 4.98 Å². The van der Waals surface area contributed by atoms with Crippen molar-refractivity contribution in [1.82, 2.24) is 15.2 Å². The van der Waals surface area contributed by atoms with Crippen LogP contribution in [0.15, 0.2) is 42.6 Å². The maximum Gasteiger partial charge on any atom is 0.262 e. The van der Waals surface area contributed by atoms with Gasteiger partial charge >= 0.3 is 0 Å². The molecule has 0 saturated carbocycles. The molecule has 1 atom stereocenters. The predicted molar refractivity (Wildman–Crippen MR) is 120 cm³/mol. The van der Waals surface area contributed by atoms with Crippen molar-refractivity contribution in [2.24, 2.45) is 0 Å². The van der Waals surface area contributed by atoms with Crippen LogP contribution >= 0.6 is 11.3 Å². The van der Waals surface area contributed by atoms with Crippen molar-refractivity contribution >= 4 is 33.4 Å². The molecule has 2 aromatic heterocycles. The predicted octanol–water partition coefficient (Wildman–Crippen LogP) is 3.66. The smallest absolute Gasteiger partial charge is 0.262 e. The molecule has 1 N–H and O–H groups in total. The lowest BCUT2D eigenvalue weighted by atomic mass is 10.0. The molecule has 0 spiro atoms. The maximum atomic E-state index is 13.2. The minimum atomic E-state index is -0.418. The Morgan fingerprint density at radius 1 is 1.26 bits per heavy atom. The summed E-state index contributed by atoms with van der Waals surface area (Å²) in [4.78, 5) is 33.7. The second kappa shape index (κ2) is 9.03. The van der Waals surface area contributed by atoms with Crippen LogP contribution in [0.2, 0.25) is 0 Å². The number of methoxy groups -OCH3 is 1. The van der Waals surface area contributed by atoms with E-state index in [2.05, 4.69) is 10.3 Å². The van der Waals surface area contributed by atoms with Gasteiger partial charge in [0, 0.05) is 29.7 Å². The first-order chi connectivity index (χ1) is 15.0. The zero-order valence-corrected chi connectivity index (χ0v) is 18.6. The van der Waals surface area contributed by atoms with Crippen molar-refractivity contribution in [3.05, 3.63) is 58.6 Å². The van der Waals surface area contributed by atoms with Crippen LogP contribution in [0.1, 0.15) is 45.5 Å². The molecule has 8 heteroatoms. The molecule has 1 fully saturated rings. The molecule has 7 nitrogen and oxygen atoms in total. The summed E-state index contributed by atoms with van der Waals surface area (Å²) in [5, 5.41) is 3.85. The molecule has 31 heavy (non-hydrogen) atoms. The van der Waals surface area contributed by atoms with E-state index in [1.165, 1.54) is 11.3 Å². The highest BCUT2D eigenvalue weighted by Crippen LogP contribution is 2.37. The van der Waals surface area contributed by atoms with Crippen LogP contribution < -0.4 is 10.1 Å². The van der Waals surface area contributed by atoms with Crippen molar-refractivity contribution in [3.8, 4) is 5.75 Å². The number of morpholine rings is 1. The Balaban J connectivity index is 1.68. The number of carbonyl (C=O) groups excluding carboxylic acids is 2. The second-order valence-corrected chi connectivity index (χ2v) is 8.64. The fourth-order valence-electron chi connectivity index (χ4n) is 3.77. The number of hydrogen-bond donors (Lipinski definition) is 1. The SMILES string of the molecule is COc1ccccc1C(=O)N1CCO[C@@H](c2c(C(=O)NC(C)C)sc3ncccc23)C1. The fraction of sp³-hybridized carbons (Fsp3) is 0.348. The van der Waals surface area contributed by atoms with Gasteiger partial charge in [-0.15, -0.1) is 11.3 Å². The van der Waals surface area contributed by atoms with Crippen molar-refractivity contribution in [2.45, 2.75) is 26.0 Å². The van der Waals surface area contributed by atoms with Crippen molar-refractivity contribution in [3.63, 3.8) is 0 Å². The van der Waals surface area contributed by atoms with Crippen LogP contribution in [0.5, 0.6) is 5.75 Å². The molecule has 4 rings (SSSR count). The van der Waals surface area contributed by atoms with Crippen LogP contribution in [-0.4, -0.2) is 54.5 Å². The third-order valence-corrected chi connectivity index (χ3v) is 6.27. The standard InChI is InChI=1S/C23H25N3O4S/c1-14(2)25-21(27)20-19(16-8-6-10-24-22(16)31-20)18-13-26(11-12-30-18)23(28)15-7-4-5-9-17(15)29-3/h4-10,14,18H,11-13H2,1-3H3,(H,25,27)/t18-/m1/s1. The third kappa shape index (κ3) is 4.26. The Hall–Kier alpha value is -2.97. The molecular weight excluding hydrogens is 414 g/mol. The lowest BCUT2D eigenvalue weighted by molar-refractivity contribution is -0.0223. The summed E-state index contributed by atoms with van der Waals surface area (Å²) < 4.78 is 11.4. The van der Waals surface area contributed by atoms with Crippen molar-refractivity contribution in [2.75, 3.05) is 26.8 Å². The first-order valence-corrected chi connectivity index (χ1v) is 11.0. The van der Waals surface area contributed by atoms with Gasteiger partial charge in [0.1, 0.15) is 21.6 Å². The molecule has 3 aromatic rings. The van der Waals surface area contributed by atoms with Gasteiger partial charge in [0.2, 0.25) is 0 Å². The van der Waals surface area contributed by atoms with Crippen LogP contribution in [0.25, 0.3) is 10.2 Å². The lowest BCUT2D eigenvalue weighted by Gasteiger charge is -2.33. The van der Waals surface area contributed by atoms with Crippen molar-refractivity contribution < 1.29 is 19.1 Å². The first kappa shape index (κ1) is 21.3. The number of nitrogens with one attached hydrogen (secondary N) is 1. The molecule has 162 valence electrons. The molecule has 1 aromatic carbocycles. The number of carbonyl (C=O) groups is 2. The monoisotopic (exact) mass is 439 g/mol. The van der Waals surface area contributed by atoms with E-state index < -0.39 is 6.10 Å². The zero-order chi connectivity index (χ0) is 22.0. The Morgan fingerprint density at radius 2 is 2.06 bits per heavy atom. The van der Waals surface area contributed by atoms with E-state index in [1.54, 1.807) is 30.3 Å². The summed E-state index contributed by atoms with van der Waals surface area (Å²) in [6, 6.07) is 11.0. The molecule has 3 heterocycles. The average molecular weight is 440 g/mol. The number of pyridine rings is 1. The topological polar surface area (TPSA) is 80.8 Å². The van der Waals surface area contributed by atoms with E-state index in [-0.39, 0.29) is 17.9 Å². The van der Waals surface area contributed by atoms with E-state index in [0.717, 1.165) is 15.8 Å². The molecule has 0 radical (unpaired) electrons. The Kier molecular flexibility index (Phi) is 6.20. The van der Waals surface area contributed by atoms with E-state index >= 15 is 0 Å². The van der Waals surface area contributed by atoms with E-state index in [0.29, 0.717) is 35.9 Å². The number of aromatic nitrogens is 1. The normalized spacial score (nSPS) is 16.5. The first-order valence-electron chi connectivity index (χ1n) is 10.2. The molecule has 0 unspecified atom stereocenters.